The van der Waals surface area contributed by atoms with Gasteiger partial charge in [0.1, 0.15) is 12.0 Å². The molecule has 0 aliphatic carbocycles. The van der Waals surface area contributed by atoms with Crippen LogP contribution in [0.15, 0.2) is 12.3 Å². The van der Waals surface area contributed by atoms with Crippen LogP contribution < -0.4 is 16.4 Å². The van der Waals surface area contributed by atoms with Crippen molar-refractivity contribution in [1.29, 1.82) is 0 Å². The molecule has 1 saturated heterocycles. The highest BCUT2D eigenvalue weighted by Gasteiger charge is 2.29. The Labute approximate surface area is 115 Å². The molecular weight excluding hydrogens is 262 g/mol. The van der Waals surface area contributed by atoms with E-state index in [2.05, 4.69) is 4.98 Å². The minimum Gasteiger partial charge on any atom is -0.365 e. The number of hydrogen-bond donors (Lipinski definition) is 2. The van der Waals surface area contributed by atoms with Gasteiger partial charge in [-0.25, -0.2) is 4.98 Å². The van der Waals surface area contributed by atoms with Crippen LogP contribution in [-0.2, 0) is 0 Å². The SMILES string of the molecule is CC(N)C1CCN(c2ncc([N+](=O)[O-])cc2C(N)=O)C1. The van der Waals surface area contributed by atoms with Crippen LogP contribution in [0.3, 0.4) is 0 Å². The third kappa shape index (κ3) is 2.69. The Bertz CT molecular complexity index is 546. The minimum atomic E-state index is -0.722. The van der Waals surface area contributed by atoms with E-state index in [4.69, 9.17) is 11.5 Å². The number of amides is 1. The molecule has 4 N–H and O–H groups in total. The van der Waals surface area contributed by atoms with Crippen LogP contribution in [0.5, 0.6) is 0 Å². The van der Waals surface area contributed by atoms with Gasteiger partial charge in [0.05, 0.1) is 10.5 Å². The average molecular weight is 279 g/mol. The molecule has 1 aliphatic rings. The molecule has 2 atom stereocenters. The maximum Gasteiger partial charge on any atom is 0.288 e. The summed E-state index contributed by atoms with van der Waals surface area (Å²) in [6, 6.07) is 1.22. The van der Waals surface area contributed by atoms with Gasteiger partial charge in [0.2, 0.25) is 0 Å². The molecule has 0 saturated carbocycles. The van der Waals surface area contributed by atoms with E-state index in [0.717, 1.165) is 12.6 Å². The van der Waals surface area contributed by atoms with E-state index in [0.29, 0.717) is 24.8 Å². The van der Waals surface area contributed by atoms with Crippen LogP contribution in [-0.4, -0.2) is 34.9 Å². The summed E-state index contributed by atoms with van der Waals surface area (Å²) in [5.41, 5.74) is 11.0. The quantitative estimate of drug-likeness (QED) is 0.601. The minimum absolute atomic E-state index is 0.0510. The molecule has 0 bridgehead atoms. The number of carbonyl (C=O) groups is 1. The zero-order chi connectivity index (χ0) is 14.9. The Kier molecular flexibility index (Phi) is 3.84. The molecule has 2 rings (SSSR count). The monoisotopic (exact) mass is 279 g/mol. The summed E-state index contributed by atoms with van der Waals surface area (Å²) in [7, 11) is 0. The van der Waals surface area contributed by atoms with E-state index in [1.165, 1.54) is 6.07 Å². The third-order valence-corrected chi connectivity index (χ3v) is 3.60. The summed E-state index contributed by atoms with van der Waals surface area (Å²) in [4.78, 5) is 27.6. The first-order valence-corrected chi connectivity index (χ1v) is 6.35. The molecule has 8 nitrogen and oxygen atoms in total. The van der Waals surface area contributed by atoms with Gasteiger partial charge < -0.3 is 16.4 Å². The first-order chi connectivity index (χ1) is 9.40. The van der Waals surface area contributed by atoms with Crippen LogP contribution >= 0.6 is 0 Å². The molecule has 2 heterocycles. The predicted molar refractivity (Wildman–Crippen MR) is 73.4 cm³/mol. The molecule has 1 fully saturated rings. The van der Waals surface area contributed by atoms with Gasteiger partial charge in [0.15, 0.2) is 0 Å². The molecular formula is C12H17N5O3. The molecule has 108 valence electrons. The highest BCUT2D eigenvalue weighted by Crippen LogP contribution is 2.28. The lowest BCUT2D eigenvalue weighted by Gasteiger charge is -2.20. The van der Waals surface area contributed by atoms with Crippen molar-refractivity contribution in [3.63, 3.8) is 0 Å². The summed E-state index contributed by atoms with van der Waals surface area (Å²) < 4.78 is 0. The van der Waals surface area contributed by atoms with Crippen molar-refractivity contribution in [2.75, 3.05) is 18.0 Å². The van der Waals surface area contributed by atoms with Crippen LogP contribution in [0.4, 0.5) is 11.5 Å². The van der Waals surface area contributed by atoms with Gasteiger partial charge in [-0.2, -0.15) is 0 Å². The van der Waals surface area contributed by atoms with E-state index >= 15 is 0 Å². The number of nitrogens with zero attached hydrogens (tertiary/aromatic N) is 3. The molecule has 1 aromatic rings. The van der Waals surface area contributed by atoms with E-state index in [1.807, 2.05) is 11.8 Å². The smallest absolute Gasteiger partial charge is 0.288 e. The molecule has 1 aliphatic heterocycles. The lowest BCUT2D eigenvalue weighted by Crippen LogP contribution is -2.31. The Morgan fingerprint density at radius 2 is 2.35 bits per heavy atom. The molecule has 20 heavy (non-hydrogen) atoms. The second-order valence-electron chi connectivity index (χ2n) is 5.04. The van der Waals surface area contributed by atoms with E-state index < -0.39 is 10.8 Å². The van der Waals surface area contributed by atoms with E-state index in [9.17, 15) is 14.9 Å². The predicted octanol–water partition coefficient (Wildman–Crippen LogP) is 0.262. The summed E-state index contributed by atoms with van der Waals surface area (Å²) in [6.45, 7) is 3.31. The highest BCUT2D eigenvalue weighted by atomic mass is 16.6. The number of nitro groups is 1. The largest absolute Gasteiger partial charge is 0.365 e. The Balaban J connectivity index is 2.32. The van der Waals surface area contributed by atoms with Gasteiger partial charge in [0.25, 0.3) is 11.6 Å². The van der Waals surface area contributed by atoms with Crippen molar-refractivity contribution >= 4 is 17.4 Å². The van der Waals surface area contributed by atoms with Gasteiger partial charge in [-0.15, -0.1) is 0 Å². The van der Waals surface area contributed by atoms with E-state index in [1.54, 1.807) is 0 Å². The number of carbonyl (C=O) groups excluding carboxylic acids is 1. The number of nitrogens with two attached hydrogens (primary N) is 2. The van der Waals surface area contributed by atoms with Crippen molar-refractivity contribution in [2.24, 2.45) is 17.4 Å². The number of aromatic nitrogens is 1. The fourth-order valence-electron chi connectivity index (χ4n) is 2.39. The molecule has 0 radical (unpaired) electrons. The zero-order valence-corrected chi connectivity index (χ0v) is 11.2. The van der Waals surface area contributed by atoms with Crippen molar-refractivity contribution in [1.82, 2.24) is 4.98 Å². The topological polar surface area (TPSA) is 128 Å². The second-order valence-corrected chi connectivity index (χ2v) is 5.04. The van der Waals surface area contributed by atoms with Crippen molar-refractivity contribution < 1.29 is 9.72 Å². The second kappa shape index (κ2) is 5.41. The maximum absolute atomic E-state index is 11.5. The van der Waals surface area contributed by atoms with Crippen LogP contribution in [0.1, 0.15) is 23.7 Å². The van der Waals surface area contributed by atoms with Crippen molar-refractivity contribution in [2.45, 2.75) is 19.4 Å². The van der Waals surface area contributed by atoms with E-state index in [-0.39, 0.29) is 17.3 Å². The highest BCUT2D eigenvalue weighted by molar-refractivity contribution is 5.98. The van der Waals surface area contributed by atoms with Gasteiger partial charge >= 0.3 is 0 Å². The summed E-state index contributed by atoms with van der Waals surface area (Å²) in [5.74, 6) is -0.0144. The Hall–Kier alpha value is -2.22. The molecule has 0 spiro atoms. The first kappa shape index (κ1) is 14.2. The van der Waals surface area contributed by atoms with Gasteiger partial charge in [-0.05, 0) is 19.3 Å². The molecule has 8 heteroatoms. The molecule has 0 aromatic carbocycles. The van der Waals surface area contributed by atoms with Crippen molar-refractivity contribution in [3.8, 4) is 0 Å². The molecule has 1 amide bonds. The fraction of sp³-hybridized carbons (Fsp3) is 0.500. The Morgan fingerprint density at radius 3 is 2.85 bits per heavy atom. The normalized spacial score (nSPS) is 19.9. The van der Waals surface area contributed by atoms with Crippen LogP contribution in [0.2, 0.25) is 0 Å². The van der Waals surface area contributed by atoms with Gasteiger partial charge in [0, 0.05) is 25.2 Å². The number of hydrogen-bond acceptors (Lipinski definition) is 6. The lowest BCUT2D eigenvalue weighted by atomic mass is 10.0. The standard InChI is InChI=1S/C12H17N5O3/c1-7(13)8-2-3-16(6-8)12-10(11(14)18)4-9(5-15-12)17(19)20/h4-5,7-8H,2-3,6,13H2,1H3,(H2,14,18). The maximum atomic E-state index is 11.5. The summed E-state index contributed by atoms with van der Waals surface area (Å²) >= 11 is 0. The molecule has 1 aromatic heterocycles. The zero-order valence-electron chi connectivity index (χ0n) is 11.2. The third-order valence-electron chi connectivity index (χ3n) is 3.60. The van der Waals surface area contributed by atoms with Crippen LogP contribution in [0, 0.1) is 16.0 Å². The lowest BCUT2D eigenvalue weighted by molar-refractivity contribution is -0.385. The Morgan fingerprint density at radius 1 is 1.65 bits per heavy atom. The summed E-state index contributed by atoms with van der Waals surface area (Å²) in [5, 5.41) is 10.7. The van der Waals surface area contributed by atoms with Gasteiger partial charge in [-0.1, -0.05) is 0 Å². The van der Waals surface area contributed by atoms with Gasteiger partial charge in [-0.3, -0.25) is 14.9 Å². The number of anilines is 1. The van der Waals surface area contributed by atoms with Crippen LogP contribution in [0.25, 0.3) is 0 Å². The number of rotatable bonds is 4. The number of pyridine rings is 1. The molecule has 2 unspecified atom stereocenters. The van der Waals surface area contributed by atoms with Crippen molar-refractivity contribution in [3.05, 3.63) is 27.9 Å². The first-order valence-electron chi connectivity index (χ1n) is 6.35. The number of primary amides is 1. The summed E-state index contributed by atoms with van der Waals surface area (Å²) in [6.07, 6.45) is 2.04. The average Bonchev–Trinajstić information content (AvgIpc) is 2.87. The fourth-order valence-corrected chi connectivity index (χ4v) is 2.39.